The molecule has 0 aliphatic heterocycles. The lowest BCUT2D eigenvalue weighted by atomic mass is 10.2. The molecule has 0 saturated heterocycles. The van der Waals surface area contributed by atoms with E-state index < -0.39 is 0 Å². The molecule has 0 bridgehead atoms. The maximum atomic E-state index is 9.33. The van der Waals surface area contributed by atoms with E-state index in [2.05, 4.69) is 0 Å². The van der Waals surface area contributed by atoms with Crippen molar-refractivity contribution in [1.82, 2.24) is 0 Å². The standard InChI is InChI=1S/C8H11NO2/c1-5-3-4-6(9)7(10)8(5)11-2/h3-4,10H,9H2,1-2H3. The highest BCUT2D eigenvalue weighted by Gasteiger charge is 2.06. The van der Waals surface area contributed by atoms with Crippen molar-refractivity contribution < 1.29 is 9.84 Å². The van der Waals surface area contributed by atoms with Crippen LogP contribution in [0.2, 0.25) is 0 Å². The first-order valence-electron chi connectivity index (χ1n) is 3.29. The second-order valence-electron chi connectivity index (χ2n) is 2.35. The van der Waals surface area contributed by atoms with Gasteiger partial charge in [-0.05, 0) is 18.6 Å². The van der Waals surface area contributed by atoms with Crippen molar-refractivity contribution in [2.75, 3.05) is 12.8 Å². The Bertz CT molecular complexity index is 271. The molecule has 0 aliphatic rings. The van der Waals surface area contributed by atoms with Gasteiger partial charge in [0.05, 0.1) is 12.8 Å². The Morgan fingerprint density at radius 2 is 2.09 bits per heavy atom. The minimum atomic E-state index is 0.0208. The van der Waals surface area contributed by atoms with Gasteiger partial charge in [0.1, 0.15) is 0 Å². The van der Waals surface area contributed by atoms with Gasteiger partial charge in [-0.3, -0.25) is 0 Å². The van der Waals surface area contributed by atoms with Crippen molar-refractivity contribution >= 4 is 5.69 Å². The van der Waals surface area contributed by atoms with E-state index in [1.807, 2.05) is 6.92 Å². The third-order valence-corrected chi connectivity index (χ3v) is 1.56. The molecule has 0 heterocycles. The van der Waals surface area contributed by atoms with Gasteiger partial charge in [-0.25, -0.2) is 0 Å². The fourth-order valence-corrected chi connectivity index (χ4v) is 0.945. The summed E-state index contributed by atoms with van der Waals surface area (Å²) in [4.78, 5) is 0. The summed E-state index contributed by atoms with van der Waals surface area (Å²) in [6.07, 6.45) is 0. The van der Waals surface area contributed by atoms with Gasteiger partial charge in [0.25, 0.3) is 0 Å². The lowest BCUT2D eigenvalue weighted by molar-refractivity contribution is 0.372. The molecule has 1 aromatic carbocycles. The summed E-state index contributed by atoms with van der Waals surface area (Å²) in [6.45, 7) is 1.85. The molecule has 0 atom stereocenters. The molecule has 0 fully saturated rings. The summed E-state index contributed by atoms with van der Waals surface area (Å²) in [6, 6.07) is 3.45. The first-order chi connectivity index (χ1) is 5.16. The molecule has 0 amide bonds. The number of methoxy groups -OCH3 is 1. The predicted molar refractivity (Wildman–Crippen MR) is 43.8 cm³/mol. The molecule has 60 valence electrons. The van der Waals surface area contributed by atoms with E-state index in [9.17, 15) is 5.11 Å². The number of anilines is 1. The zero-order valence-corrected chi connectivity index (χ0v) is 6.59. The van der Waals surface area contributed by atoms with Gasteiger partial charge < -0.3 is 15.6 Å². The summed E-state index contributed by atoms with van der Waals surface area (Å²) in [7, 11) is 1.50. The van der Waals surface area contributed by atoms with Crippen LogP contribution in [0.5, 0.6) is 11.5 Å². The van der Waals surface area contributed by atoms with Crippen LogP contribution < -0.4 is 10.5 Å². The number of hydrogen-bond donors (Lipinski definition) is 2. The predicted octanol–water partition coefficient (Wildman–Crippen LogP) is 1.29. The van der Waals surface area contributed by atoms with E-state index >= 15 is 0 Å². The number of benzene rings is 1. The Morgan fingerprint density at radius 3 is 2.55 bits per heavy atom. The summed E-state index contributed by atoms with van der Waals surface area (Å²) in [5.41, 5.74) is 6.65. The smallest absolute Gasteiger partial charge is 0.181 e. The monoisotopic (exact) mass is 153 g/mol. The third kappa shape index (κ3) is 1.22. The van der Waals surface area contributed by atoms with E-state index in [0.29, 0.717) is 11.4 Å². The van der Waals surface area contributed by atoms with E-state index in [0.717, 1.165) is 5.56 Å². The average molecular weight is 153 g/mol. The molecule has 11 heavy (non-hydrogen) atoms. The van der Waals surface area contributed by atoms with E-state index in [4.69, 9.17) is 10.5 Å². The van der Waals surface area contributed by atoms with Gasteiger partial charge in [0, 0.05) is 0 Å². The number of phenolic OH excluding ortho intramolecular Hbond substituents is 1. The second kappa shape index (κ2) is 2.70. The highest BCUT2D eigenvalue weighted by molar-refractivity contribution is 5.61. The molecule has 1 aromatic rings. The summed E-state index contributed by atoms with van der Waals surface area (Å²) < 4.78 is 4.93. The highest BCUT2D eigenvalue weighted by atomic mass is 16.5. The molecular weight excluding hydrogens is 142 g/mol. The van der Waals surface area contributed by atoms with Crippen LogP contribution in [0.1, 0.15) is 5.56 Å². The zero-order chi connectivity index (χ0) is 8.43. The largest absolute Gasteiger partial charge is 0.503 e. The van der Waals surface area contributed by atoms with Crippen LogP contribution in [0, 0.1) is 6.92 Å². The van der Waals surface area contributed by atoms with Crippen molar-refractivity contribution in [3.05, 3.63) is 17.7 Å². The van der Waals surface area contributed by atoms with Crippen LogP contribution >= 0.6 is 0 Å². The fourth-order valence-electron chi connectivity index (χ4n) is 0.945. The summed E-state index contributed by atoms with van der Waals surface area (Å²) in [5, 5.41) is 9.33. The maximum Gasteiger partial charge on any atom is 0.181 e. The second-order valence-corrected chi connectivity index (χ2v) is 2.35. The molecule has 0 spiro atoms. The molecule has 1 rings (SSSR count). The third-order valence-electron chi connectivity index (χ3n) is 1.56. The Morgan fingerprint density at radius 1 is 1.45 bits per heavy atom. The number of aromatic hydroxyl groups is 1. The first kappa shape index (κ1) is 7.72. The average Bonchev–Trinajstić information content (AvgIpc) is 1.99. The minimum Gasteiger partial charge on any atom is -0.503 e. The number of nitrogen functional groups attached to an aromatic ring is 1. The SMILES string of the molecule is COc1c(C)ccc(N)c1O. The molecular formula is C8H11NO2. The van der Waals surface area contributed by atoms with Crippen molar-refractivity contribution in [1.29, 1.82) is 0 Å². The van der Waals surface area contributed by atoms with Crippen LogP contribution in [-0.4, -0.2) is 12.2 Å². The van der Waals surface area contributed by atoms with Gasteiger partial charge in [0.2, 0.25) is 0 Å². The summed E-state index contributed by atoms with van der Waals surface area (Å²) in [5.74, 6) is 0.470. The minimum absolute atomic E-state index is 0.0208. The van der Waals surface area contributed by atoms with Gasteiger partial charge >= 0.3 is 0 Å². The molecule has 3 heteroatoms. The Hall–Kier alpha value is -1.38. The highest BCUT2D eigenvalue weighted by Crippen LogP contribution is 2.34. The van der Waals surface area contributed by atoms with Crippen molar-refractivity contribution in [3.8, 4) is 11.5 Å². The Labute approximate surface area is 65.4 Å². The number of aryl methyl sites for hydroxylation is 1. The molecule has 3 N–H and O–H groups in total. The van der Waals surface area contributed by atoms with Crippen molar-refractivity contribution in [2.24, 2.45) is 0 Å². The van der Waals surface area contributed by atoms with Crippen LogP contribution in [0.15, 0.2) is 12.1 Å². The number of hydrogen-bond acceptors (Lipinski definition) is 3. The lowest BCUT2D eigenvalue weighted by Gasteiger charge is -2.07. The Kier molecular flexibility index (Phi) is 1.89. The topological polar surface area (TPSA) is 55.5 Å². The normalized spacial score (nSPS) is 9.64. The van der Waals surface area contributed by atoms with Crippen molar-refractivity contribution in [3.63, 3.8) is 0 Å². The van der Waals surface area contributed by atoms with Gasteiger partial charge in [0.15, 0.2) is 11.5 Å². The number of nitrogens with two attached hydrogens (primary N) is 1. The molecule has 0 radical (unpaired) electrons. The van der Waals surface area contributed by atoms with Crippen molar-refractivity contribution in [2.45, 2.75) is 6.92 Å². The molecule has 0 unspecified atom stereocenters. The number of phenols is 1. The fraction of sp³-hybridized carbons (Fsp3) is 0.250. The van der Waals surface area contributed by atoms with Crippen LogP contribution in [0.3, 0.4) is 0 Å². The first-order valence-corrected chi connectivity index (χ1v) is 3.29. The van der Waals surface area contributed by atoms with Crippen LogP contribution in [0.4, 0.5) is 5.69 Å². The van der Waals surface area contributed by atoms with Gasteiger partial charge in [-0.1, -0.05) is 6.07 Å². The molecule has 0 saturated carbocycles. The molecule has 3 nitrogen and oxygen atoms in total. The van der Waals surface area contributed by atoms with Gasteiger partial charge in [-0.15, -0.1) is 0 Å². The zero-order valence-electron chi connectivity index (χ0n) is 6.59. The van der Waals surface area contributed by atoms with Crippen LogP contribution in [-0.2, 0) is 0 Å². The molecule has 0 aromatic heterocycles. The Balaban J connectivity index is 3.29. The number of rotatable bonds is 1. The number of ether oxygens (including phenoxy) is 1. The van der Waals surface area contributed by atoms with Gasteiger partial charge in [-0.2, -0.15) is 0 Å². The molecule has 0 aliphatic carbocycles. The summed E-state index contributed by atoms with van der Waals surface area (Å²) >= 11 is 0. The quantitative estimate of drug-likeness (QED) is 0.472. The maximum absolute atomic E-state index is 9.33. The van der Waals surface area contributed by atoms with E-state index in [1.165, 1.54) is 7.11 Å². The lowest BCUT2D eigenvalue weighted by Crippen LogP contribution is -1.92. The van der Waals surface area contributed by atoms with E-state index in [1.54, 1.807) is 12.1 Å². The van der Waals surface area contributed by atoms with E-state index in [-0.39, 0.29) is 5.75 Å². The van der Waals surface area contributed by atoms with Crippen LogP contribution in [0.25, 0.3) is 0 Å².